The molecule has 42 heavy (non-hydrogen) atoms. The molecule has 2 heterocycles. The van der Waals surface area contributed by atoms with E-state index in [9.17, 15) is 44.6 Å². The lowest BCUT2D eigenvalue weighted by molar-refractivity contribution is -0.143. The van der Waals surface area contributed by atoms with Crippen LogP contribution in [-0.2, 0) is 45.2 Å². The number of tetrazole rings is 1. The van der Waals surface area contributed by atoms with Crippen molar-refractivity contribution in [2.75, 3.05) is 11.5 Å². The summed E-state index contributed by atoms with van der Waals surface area (Å²) in [6.45, 7) is 0.356. The number of aryl methyl sites for hydroxylation is 2. The van der Waals surface area contributed by atoms with Crippen molar-refractivity contribution in [1.82, 2.24) is 30.0 Å². The fourth-order valence-electron chi connectivity index (χ4n) is 4.27. The van der Waals surface area contributed by atoms with Crippen LogP contribution in [0.25, 0.3) is 11.3 Å². The lowest BCUT2D eigenvalue weighted by atomic mass is 9.98. The van der Waals surface area contributed by atoms with E-state index in [1.807, 2.05) is 0 Å². The maximum absolute atomic E-state index is 13.7. The molecular weight excluding hydrogens is 585 g/mol. The van der Waals surface area contributed by atoms with E-state index < -0.39 is 53.9 Å². The Kier molecular flexibility index (Phi) is 8.26. The fourth-order valence-corrected chi connectivity index (χ4v) is 4.27. The SMILES string of the molecule is Cc1cn(CCO)nc1-c1ccc(C(F)(F)F)cc1CN(Cc1cc(C(F)(F)F)cc(C(F)(F)F)c1)c1nnn(C)n1. The Morgan fingerprint density at radius 1 is 0.810 bits per heavy atom. The number of nitrogens with zero attached hydrogens (tertiary/aromatic N) is 7. The molecule has 2 aromatic carbocycles. The number of alkyl halides is 9. The molecule has 0 amide bonds. The highest BCUT2D eigenvalue weighted by molar-refractivity contribution is 5.68. The molecule has 0 radical (unpaired) electrons. The number of benzene rings is 2. The number of aliphatic hydroxyl groups excluding tert-OH is 1. The van der Waals surface area contributed by atoms with Crippen molar-refractivity contribution in [1.29, 1.82) is 0 Å². The number of hydrogen-bond donors (Lipinski definition) is 1. The first-order valence-corrected chi connectivity index (χ1v) is 12.1. The second-order valence-electron chi connectivity index (χ2n) is 9.37. The van der Waals surface area contributed by atoms with Gasteiger partial charge >= 0.3 is 18.5 Å². The predicted molar refractivity (Wildman–Crippen MR) is 130 cm³/mol. The molecule has 0 bridgehead atoms. The van der Waals surface area contributed by atoms with Gasteiger partial charge in [0.1, 0.15) is 0 Å². The van der Waals surface area contributed by atoms with E-state index >= 15 is 0 Å². The number of aliphatic hydroxyl groups is 1. The molecule has 1 N–H and O–H groups in total. The average Bonchev–Trinajstić information content (AvgIpc) is 3.47. The zero-order chi connectivity index (χ0) is 31.0. The van der Waals surface area contributed by atoms with Crippen LogP contribution >= 0.6 is 0 Å². The van der Waals surface area contributed by atoms with Gasteiger partial charge in [-0.2, -0.15) is 49.4 Å². The van der Waals surface area contributed by atoms with E-state index in [0.717, 1.165) is 21.8 Å². The van der Waals surface area contributed by atoms with Gasteiger partial charge in [0.15, 0.2) is 0 Å². The molecule has 0 aliphatic heterocycles. The second kappa shape index (κ2) is 11.3. The van der Waals surface area contributed by atoms with Crippen LogP contribution in [-0.4, -0.2) is 41.7 Å². The van der Waals surface area contributed by atoms with Crippen molar-refractivity contribution in [3.8, 4) is 11.3 Å². The van der Waals surface area contributed by atoms with Crippen LogP contribution in [0.15, 0.2) is 42.6 Å². The Balaban J connectivity index is 1.85. The normalized spacial score (nSPS) is 12.7. The Bertz CT molecular complexity index is 1520. The smallest absolute Gasteiger partial charge is 0.394 e. The highest BCUT2D eigenvalue weighted by Crippen LogP contribution is 2.38. The van der Waals surface area contributed by atoms with E-state index in [-0.39, 0.29) is 42.0 Å². The van der Waals surface area contributed by atoms with E-state index in [1.165, 1.54) is 17.8 Å². The van der Waals surface area contributed by atoms with Gasteiger partial charge < -0.3 is 10.0 Å². The first-order valence-electron chi connectivity index (χ1n) is 12.1. The monoisotopic (exact) mass is 607 g/mol. The minimum Gasteiger partial charge on any atom is -0.394 e. The summed E-state index contributed by atoms with van der Waals surface area (Å²) in [6.07, 6.45) is -13.4. The lowest BCUT2D eigenvalue weighted by Crippen LogP contribution is -2.25. The maximum atomic E-state index is 13.7. The molecule has 0 unspecified atom stereocenters. The number of rotatable bonds is 8. The molecule has 0 aliphatic rings. The summed E-state index contributed by atoms with van der Waals surface area (Å²) in [4.78, 5) is 2.09. The molecule has 2 aromatic heterocycles. The number of anilines is 1. The van der Waals surface area contributed by atoms with Crippen LogP contribution in [0.1, 0.15) is 33.4 Å². The average molecular weight is 607 g/mol. The van der Waals surface area contributed by atoms with Crippen molar-refractivity contribution < 1.29 is 44.6 Å². The molecule has 0 saturated heterocycles. The van der Waals surface area contributed by atoms with Gasteiger partial charge in [-0.15, -0.1) is 5.10 Å². The van der Waals surface area contributed by atoms with Gasteiger partial charge in [0.2, 0.25) is 0 Å². The van der Waals surface area contributed by atoms with Gasteiger partial charge in [-0.1, -0.05) is 11.2 Å². The lowest BCUT2D eigenvalue weighted by Gasteiger charge is -2.24. The molecule has 0 fully saturated rings. The first-order chi connectivity index (χ1) is 19.5. The van der Waals surface area contributed by atoms with E-state index in [1.54, 1.807) is 13.1 Å². The van der Waals surface area contributed by atoms with E-state index in [4.69, 9.17) is 0 Å². The van der Waals surface area contributed by atoms with E-state index in [0.29, 0.717) is 17.7 Å². The summed E-state index contributed by atoms with van der Waals surface area (Å²) in [7, 11) is 1.35. The van der Waals surface area contributed by atoms with Gasteiger partial charge in [-0.3, -0.25) is 4.68 Å². The van der Waals surface area contributed by atoms with Crippen LogP contribution in [0.3, 0.4) is 0 Å². The summed E-state index contributed by atoms with van der Waals surface area (Å²) in [5.74, 6) is -0.255. The largest absolute Gasteiger partial charge is 0.416 e. The maximum Gasteiger partial charge on any atom is 0.416 e. The number of hydrogen-bond acceptors (Lipinski definition) is 6. The van der Waals surface area contributed by atoms with Gasteiger partial charge in [0, 0.05) is 24.8 Å². The first kappa shape index (κ1) is 30.8. The van der Waals surface area contributed by atoms with Crippen molar-refractivity contribution in [2.45, 2.75) is 45.1 Å². The second-order valence-corrected chi connectivity index (χ2v) is 9.37. The minimum atomic E-state index is -5.11. The predicted octanol–water partition coefficient (Wildman–Crippen LogP) is 5.64. The van der Waals surface area contributed by atoms with Crippen molar-refractivity contribution in [3.05, 3.63) is 76.0 Å². The van der Waals surface area contributed by atoms with Gasteiger partial charge in [-0.05, 0) is 59.2 Å². The van der Waals surface area contributed by atoms with Crippen molar-refractivity contribution in [3.63, 3.8) is 0 Å². The Hall–Kier alpha value is -4.15. The molecule has 226 valence electrons. The summed E-state index contributed by atoms with van der Waals surface area (Å²) < 4.78 is 123. The molecule has 0 saturated carbocycles. The fraction of sp³-hybridized carbons (Fsp3) is 0.360. The minimum absolute atomic E-state index is 0.0161. The molecule has 0 spiro atoms. The van der Waals surface area contributed by atoms with Gasteiger partial charge in [0.25, 0.3) is 5.95 Å². The molecule has 0 atom stereocenters. The zero-order valence-electron chi connectivity index (χ0n) is 21.8. The Labute approximate surface area is 232 Å². The van der Waals surface area contributed by atoms with Crippen LogP contribution in [0.2, 0.25) is 0 Å². The van der Waals surface area contributed by atoms with Gasteiger partial charge in [0.05, 0.1) is 42.6 Å². The Morgan fingerprint density at radius 3 is 1.95 bits per heavy atom. The number of halogens is 9. The molecule has 17 heteroatoms. The quantitative estimate of drug-likeness (QED) is 0.261. The summed E-state index contributed by atoms with van der Waals surface area (Å²) in [5.41, 5.74) is -3.59. The molecule has 0 aliphatic carbocycles. The highest BCUT2D eigenvalue weighted by atomic mass is 19.4. The van der Waals surface area contributed by atoms with E-state index in [2.05, 4.69) is 20.5 Å². The standard InChI is InChI=1S/C25H22F9N7O/c1-14-11-41(5-6-42)36-21(14)20-4-3-17(23(26,27)28)9-16(20)13-40(22-35-38-39(2)37-22)12-15-7-18(24(29,30)31)10-19(8-15)25(32,33)34/h3-4,7-11,42H,5-6,12-13H2,1-2H3. The third-order valence-corrected chi connectivity index (χ3v) is 6.12. The van der Waals surface area contributed by atoms with Crippen molar-refractivity contribution >= 4 is 5.95 Å². The molecule has 4 rings (SSSR count). The van der Waals surface area contributed by atoms with Gasteiger partial charge in [-0.25, -0.2) is 0 Å². The third kappa shape index (κ3) is 7.00. The molecular formula is C25H22F9N7O. The van der Waals surface area contributed by atoms with Crippen LogP contribution in [0.4, 0.5) is 45.5 Å². The van der Waals surface area contributed by atoms with Crippen LogP contribution in [0, 0.1) is 6.92 Å². The summed E-state index contributed by atoms with van der Waals surface area (Å²) in [6, 6.07) is 3.84. The summed E-state index contributed by atoms with van der Waals surface area (Å²) >= 11 is 0. The highest BCUT2D eigenvalue weighted by Gasteiger charge is 2.37. The topological polar surface area (TPSA) is 84.9 Å². The zero-order valence-corrected chi connectivity index (χ0v) is 21.8. The Morgan fingerprint density at radius 2 is 1.43 bits per heavy atom. The van der Waals surface area contributed by atoms with Crippen LogP contribution in [0.5, 0.6) is 0 Å². The summed E-state index contributed by atoms with van der Waals surface area (Å²) in [5, 5.41) is 25.0. The van der Waals surface area contributed by atoms with Crippen molar-refractivity contribution in [2.24, 2.45) is 7.05 Å². The third-order valence-electron chi connectivity index (χ3n) is 6.12. The van der Waals surface area contributed by atoms with Crippen LogP contribution < -0.4 is 4.90 Å². The number of aromatic nitrogens is 6. The molecule has 8 nitrogen and oxygen atoms in total. The molecule has 4 aromatic rings.